The van der Waals surface area contributed by atoms with Crippen molar-refractivity contribution in [2.45, 2.75) is 4.90 Å². The summed E-state index contributed by atoms with van der Waals surface area (Å²) < 4.78 is 25.6. The number of nitrogens with one attached hydrogen (secondary N) is 3. The first kappa shape index (κ1) is 19.8. The molecule has 0 saturated carbocycles. The first-order valence-corrected chi connectivity index (χ1v) is 8.53. The van der Waals surface area contributed by atoms with Crippen LogP contribution in [0.15, 0.2) is 37.8 Å². The van der Waals surface area contributed by atoms with E-state index in [1.165, 1.54) is 14.1 Å². The topological polar surface area (TPSA) is 191 Å². The average Bonchev–Trinajstić information content (AvgIpc) is 2.56. The normalized spacial score (nSPS) is 11.8. The van der Waals surface area contributed by atoms with E-state index in [0.717, 1.165) is 28.7 Å². The van der Waals surface area contributed by atoms with Gasteiger partial charge in [-0.25, -0.2) is 17.5 Å². The van der Waals surface area contributed by atoms with Gasteiger partial charge in [0.2, 0.25) is 15.9 Å². The van der Waals surface area contributed by atoms with Crippen LogP contribution >= 0.6 is 0 Å². The fourth-order valence-electron chi connectivity index (χ4n) is 1.90. The minimum Gasteiger partial charge on any atom is -0.494 e. The van der Waals surface area contributed by atoms with Crippen LogP contribution in [-0.2, 0) is 10.0 Å². The highest BCUT2D eigenvalue weighted by Gasteiger charge is 2.24. The van der Waals surface area contributed by atoms with E-state index < -0.39 is 42.7 Å². The lowest BCUT2D eigenvalue weighted by atomic mass is 10.3. The predicted octanol–water partition coefficient (Wildman–Crippen LogP) is -0.627. The Kier molecular flexibility index (Phi) is 5.41. The molecular weight excluding hydrogens is 384 g/mol. The van der Waals surface area contributed by atoms with Gasteiger partial charge >= 0.3 is 5.69 Å². The second-order valence-electron chi connectivity index (χ2n) is 5.27. The maximum absolute atomic E-state index is 12.4. The van der Waals surface area contributed by atoms with Gasteiger partial charge in [-0.3, -0.25) is 30.3 Å². The summed E-state index contributed by atoms with van der Waals surface area (Å²) in [4.78, 5) is 36.2. The van der Waals surface area contributed by atoms with Gasteiger partial charge in [-0.1, -0.05) is 0 Å². The summed E-state index contributed by atoms with van der Waals surface area (Å²) in [6, 6.07) is 3.05. The Balaban J connectivity index is 2.46. The summed E-state index contributed by atoms with van der Waals surface area (Å²) in [5.74, 6) is -0.737. The first-order valence-electron chi connectivity index (χ1n) is 7.09. The molecule has 0 radical (unpaired) electrons. The smallest absolute Gasteiger partial charge is 0.328 e. The van der Waals surface area contributed by atoms with E-state index in [1.54, 1.807) is 0 Å². The lowest BCUT2D eigenvalue weighted by Gasteiger charge is -2.14. The minimum absolute atomic E-state index is 0.106. The quantitative estimate of drug-likeness (QED) is 0.281. The summed E-state index contributed by atoms with van der Waals surface area (Å²) in [7, 11) is -1.55. The molecule has 27 heavy (non-hydrogen) atoms. The van der Waals surface area contributed by atoms with Crippen molar-refractivity contribution in [1.82, 2.24) is 14.3 Å². The molecular formula is C13H14N6O7S. The lowest BCUT2D eigenvalue weighted by molar-refractivity contribution is -0.385. The van der Waals surface area contributed by atoms with Crippen molar-refractivity contribution in [1.29, 1.82) is 0 Å². The molecule has 0 fully saturated rings. The number of hydrogen-bond donors (Lipinski definition) is 4. The third-order valence-electron chi connectivity index (χ3n) is 3.27. The van der Waals surface area contributed by atoms with Crippen LogP contribution in [0.2, 0.25) is 0 Å². The zero-order valence-corrected chi connectivity index (χ0v) is 14.8. The summed E-state index contributed by atoms with van der Waals surface area (Å²) in [6.45, 7) is 0. The number of rotatable bonds is 6. The number of sulfonamides is 1. The second-order valence-corrected chi connectivity index (χ2v) is 7.39. The zero-order chi connectivity index (χ0) is 20.4. The van der Waals surface area contributed by atoms with Crippen molar-refractivity contribution in [3.05, 3.63) is 54.7 Å². The Labute approximate surface area is 151 Å². The number of hydrazone groups is 1. The minimum atomic E-state index is -4.05. The van der Waals surface area contributed by atoms with Crippen LogP contribution in [0.5, 0.6) is 5.88 Å². The van der Waals surface area contributed by atoms with E-state index in [1.807, 2.05) is 9.97 Å². The van der Waals surface area contributed by atoms with Gasteiger partial charge in [0.05, 0.1) is 16.8 Å². The van der Waals surface area contributed by atoms with Crippen LogP contribution in [0.4, 0.5) is 11.4 Å². The highest BCUT2D eigenvalue weighted by Crippen LogP contribution is 2.28. The highest BCUT2D eigenvalue weighted by molar-refractivity contribution is 7.89. The molecule has 0 amide bonds. The van der Waals surface area contributed by atoms with E-state index in [0.29, 0.717) is 0 Å². The van der Waals surface area contributed by atoms with E-state index in [9.17, 15) is 33.2 Å². The number of nitro benzene ring substituents is 1. The zero-order valence-electron chi connectivity index (χ0n) is 14.0. The molecule has 1 aromatic carbocycles. The van der Waals surface area contributed by atoms with Gasteiger partial charge in [-0.05, 0) is 6.07 Å². The van der Waals surface area contributed by atoms with E-state index >= 15 is 0 Å². The standard InChI is InChI=1S/C13H14N6O7S/c1-18(2)27(25,26)10-5-7(19(23)24)3-4-9(10)17-14-6-8-11(20)15-13(22)16-12(8)21/h3-6,17H,1-2H3,(H3,15,16,20,21,22). The van der Waals surface area contributed by atoms with Crippen molar-refractivity contribution in [2.24, 2.45) is 5.10 Å². The number of aromatic nitrogens is 2. The molecule has 144 valence electrons. The van der Waals surface area contributed by atoms with Gasteiger partial charge in [0.15, 0.2) is 0 Å². The van der Waals surface area contributed by atoms with Crippen molar-refractivity contribution in [2.75, 3.05) is 19.5 Å². The average molecular weight is 398 g/mol. The van der Waals surface area contributed by atoms with Crippen molar-refractivity contribution < 1.29 is 18.4 Å². The Morgan fingerprint density at radius 2 is 1.96 bits per heavy atom. The molecule has 0 bridgehead atoms. The maximum atomic E-state index is 12.4. The maximum Gasteiger partial charge on any atom is 0.328 e. The molecule has 0 unspecified atom stereocenters. The Morgan fingerprint density at radius 1 is 1.30 bits per heavy atom. The van der Waals surface area contributed by atoms with Crippen molar-refractivity contribution in [3.8, 4) is 5.88 Å². The Bertz CT molecular complexity index is 1130. The van der Waals surface area contributed by atoms with Gasteiger partial charge in [-0.15, -0.1) is 0 Å². The molecule has 1 heterocycles. The Hall–Kier alpha value is -3.52. The predicted molar refractivity (Wildman–Crippen MR) is 94.5 cm³/mol. The molecule has 0 aliphatic carbocycles. The van der Waals surface area contributed by atoms with Crippen LogP contribution < -0.4 is 16.7 Å². The van der Waals surface area contributed by atoms with E-state index in [2.05, 4.69) is 10.5 Å². The van der Waals surface area contributed by atoms with Crippen LogP contribution in [0.1, 0.15) is 5.56 Å². The van der Waals surface area contributed by atoms with Crippen molar-refractivity contribution in [3.63, 3.8) is 0 Å². The highest BCUT2D eigenvalue weighted by atomic mass is 32.2. The molecule has 0 spiro atoms. The number of aromatic amines is 2. The van der Waals surface area contributed by atoms with Crippen LogP contribution in [0.25, 0.3) is 0 Å². The molecule has 14 heteroatoms. The number of nitro groups is 1. The SMILES string of the molecule is CN(C)S(=O)(=O)c1cc([N+](=O)[O-])ccc1NN=Cc1c(O)[nH]c(=O)[nH]c1=O. The van der Waals surface area contributed by atoms with Gasteiger partial charge in [0.1, 0.15) is 10.5 Å². The molecule has 0 saturated heterocycles. The molecule has 4 N–H and O–H groups in total. The summed E-state index contributed by atoms with van der Waals surface area (Å²) >= 11 is 0. The fraction of sp³-hybridized carbons (Fsp3) is 0.154. The number of H-pyrrole nitrogens is 2. The molecule has 1 aromatic heterocycles. The summed E-state index contributed by atoms with van der Waals surface area (Å²) in [5.41, 5.74) is -0.439. The molecule has 0 aliphatic heterocycles. The van der Waals surface area contributed by atoms with Gasteiger partial charge < -0.3 is 5.11 Å². The number of nitrogens with zero attached hydrogens (tertiary/aromatic N) is 3. The molecule has 0 atom stereocenters. The number of aromatic hydroxyl groups is 1. The molecule has 2 aromatic rings. The molecule has 2 rings (SSSR count). The van der Waals surface area contributed by atoms with E-state index in [4.69, 9.17) is 0 Å². The molecule has 0 aliphatic rings. The number of hydrogen-bond acceptors (Lipinski definition) is 9. The van der Waals surface area contributed by atoms with Crippen molar-refractivity contribution >= 4 is 27.6 Å². The Morgan fingerprint density at radius 3 is 2.52 bits per heavy atom. The van der Waals surface area contributed by atoms with Crippen LogP contribution in [-0.4, -0.2) is 53.0 Å². The second kappa shape index (κ2) is 7.38. The molecule has 13 nitrogen and oxygen atoms in total. The lowest BCUT2D eigenvalue weighted by Crippen LogP contribution is -2.25. The summed E-state index contributed by atoms with van der Waals surface area (Å²) in [6.07, 6.45) is 0.845. The number of anilines is 1. The monoisotopic (exact) mass is 398 g/mol. The number of non-ortho nitro benzene ring substituents is 1. The fourth-order valence-corrected chi connectivity index (χ4v) is 2.95. The first-order chi connectivity index (χ1) is 12.5. The van der Waals surface area contributed by atoms with Gasteiger partial charge in [0, 0.05) is 26.2 Å². The third-order valence-corrected chi connectivity index (χ3v) is 5.13. The van der Waals surface area contributed by atoms with Gasteiger partial charge in [0.25, 0.3) is 11.2 Å². The summed E-state index contributed by atoms with van der Waals surface area (Å²) in [5, 5.41) is 24.1. The largest absolute Gasteiger partial charge is 0.494 e. The third kappa shape index (κ3) is 4.18. The van der Waals surface area contributed by atoms with Crippen LogP contribution in [0, 0.1) is 10.1 Å². The van der Waals surface area contributed by atoms with Gasteiger partial charge in [-0.2, -0.15) is 5.10 Å². The van der Waals surface area contributed by atoms with E-state index in [-0.39, 0.29) is 11.3 Å². The van der Waals surface area contributed by atoms with Crippen LogP contribution in [0.3, 0.4) is 0 Å². The number of benzene rings is 1.